The van der Waals surface area contributed by atoms with Crippen molar-refractivity contribution in [3.63, 3.8) is 0 Å². The summed E-state index contributed by atoms with van der Waals surface area (Å²) in [4.78, 5) is 35.4. The molecule has 0 saturated heterocycles. The minimum Gasteiger partial charge on any atom is -0.496 e. The van der Waals surface area contributed by atoms with Gasteiger partial charge in [0.15, 0.2) is 6.61 Å². The third kappa shape index (κ3) is 5.37. The van der Waals surface area contributed by atoms with Gasteiger partial charge in [-0.1, -0.05) is 37.8 Å². The van der Waals surface area contributed by atoms with Crippen LogP contribution < -0.4 is 10.1 Å². The standard InChI is InChI=1S/C18H23NO5/c1-23-15-9-5-4-8-14(15)18(22)19-16(20)12-24-17(21)11-10-13-6-2-3-7-13/h4-5,8-9,13H,2-3,6-7,10-12H2,1H3,(H,19,20,22). The molecule has 0 radical (unpaired) electrons. The molecular weight excluding hydrogens is 310 g/mol. The third-order valence-corrected chi connectivity index (χ3v) is 4.20. The van der Waals surface area contributed by atoms with Crippen LogP contribution in [-0.2, 0) is 14.3 Å². The molecule has 0 spiro atoms. The fraction of sp³-hybridized carbons (Fsp3) is 0.500. The molecule has 0 bridgehead atoms. The van der Waals surface area contributed by atoms with E-state index in [4.69, 9.17) is 9.47 Å². The summed E-state index contributed by atoms with van der Waals surface area (Å²) in [5.41, 5.74) is 0.251. The van der Waals surface area contributed by atoms with E-state index in [9.17, 15) is 14.4 Å². The summed E-state index contributed by atoms with van der Waals surface area (Å²) in [7, 11) is 1.44. The molecule has 1 aromatic carbocycles. The Morgan fingerprint density at radius 3 is 2.58 bits per heavy atom. The van der Waals surface area contributed by atoms with Gasteiger partial charge in [0, 0.05) is 6.42 Å². The van der Waals surface area contributed by atoms with E-state index in [0.29, 0.717) is 18.1 Å². The number of imide groups is 1. The van der Waals surface area contributed by atoms with Crippen LogP contribution in [0.15, 0.2) is 24.3 Å². The van der Waals surface area contributed by atoms with Gasteiger partial charge < -0.3 is 9.47 Å². The second-order valence-electron chi connectivity index (χ2n) is 5.93. The van der Waals surface area contributed by atoms with E-state index >= 15 is 0 Å². The first-order valence-corrected chi connectivity index (χ1v) is 8.23. The van der Waals surface area contributed by atoms with E-state index < -0.39 is 24.4 Å². The molecular formula is C18H23NO5. The average Bonchev–Trinajstić information content (AvgIpc) is 3.11. The fourth-order valence-corrected chi connectivity index (χ4v) is 2.90. The second kappa shape index (κ2) is 9.05. The molecule has 1 aliphatic carbocycles. The zero-order valence-electron chi connectivity index (χ0n) is 13.9. The number of nitrogens with one attached hydrogen (secondary N) is 1. The maximum atomic E-state index is 12.0. The molecule has 1 N–H and O–H groups in total. The zero-order valence-corrected chi connectivity index (χ0v) is 13.9. The Morgan fingerprint density at radius 2 is 1.88 bits per heavy atom. The van der Waals surface area contributed by atoms with Crippen LogP contribution in [0.25, 0.3) is 0 Å². The van der Waals surface area contributed by atoms with Crippen LogP contribution in [0.4, 0.5) is 0 Å². The van der Waals surface area contributed by atoms with Gasteiger partial charge in [-0.25, -0.2) is 0 Å². The maximum absolute atomic E-state index is 12.0. The molecule has 24 heavy (non-hydrogen) atoms. The number of carbonyl (C=O) groups is 3. The Labute approximate surface area is 141 Å². The summed E-state index contributed by atoms with van der Waals surface area (Å²) < 4.78 is 9.99. The number of hydrogen-bond donors (Lipinski definition) is 1. The van der Waals surface area contributed by atoms with Gasteiger partial charge in [-0.15, -0.1) is 0 Å². The van der Waals surface area contributed by atoms with Crippen molar-refractivity contribution in [1.29, 1.82) is 0 Å². The monoisotopic (exact) mass is 333 g/mol. The number of carbonyl (C=O) groups excluding carboxylic acids is 3. The van der Waals surface area contributed by atoms with Gasteiger partial charge in [-0.2, -0.15) is 0 Å². The van der Waals surface area contributed by atoms with Crippen molar-refractivity contribution in [2.45, 2.75) is 38.5 Å². The molecule has 1 fully saturated rings. The summed E-state index contributed by atoms with van der Waals surface area (Å²) in [6, 6.07) is 6.58. The molecule has 0 atom stereocenters. The molecule has 1 aromatic rings. The second-order valence-corrected chi connectivity index (χ2v) is 5.93. The van der Waals surface area contributed by atoms with E-state index in [-0.39, 0.29) is 5.56 Å². The SMILES string of the molecule is COc1ccccc1C(=O)NC(=O)COC(=O)CCC1CCCC1. The van der Waals surface area contributed by atoms with Gasteiger partial charge in [0.05, 0.1) is 12.7 Å². The molecule has 1 aliphatic rings. The molecule has 0 aliphatic heterocycles. The highest BCUT2D eigenvalue weighted by Crippen LogP contribution is 2.28. The van der Waals surface area contributed by atoms with E-state index in [1.807, 2.05) is 0 Å². The molecule has 6 heteroatoms. The van der Waals surface area contributed by atoms with Crippen molar-refractivity contribution >= 4 is 17.8 Å². The van der Waals surface area contributed by atoms with Gasteiger partial charge in [0.1, 0.15) is 5.75 Å². The lowest BCUT2D eigenvalue weighted by atomic mass is 10.0. The number of methoxy groups -OCH3 is 1. The van der Waals surface area contributed by atoms with Crippen LogP contribution in [-0.4, -0.2) is 31.5 Å². The van der Waals surface area contributed by atoms with E-state index in [0.717, 1.165) is 6.42 Å². The lowest BCUT2D eigenvalue weighted by Crippen LogP contribution is -2.34. The Balaban J connectivity index is 1.72. The minimum atomic E-state index is -0.653. The molecule has 6 nitrogen and oxygen atoms in total. The number of para-hydroxylation sites is 1. The molecule has 0 heterocycles. The van der Waals surface area contributed by atoms with Crippen molar-refractivity contribution < 1.29 is 23.9 Å². The zero-order chi connectivity index (χ0) is 17.4. The summed E-state index contributed by atoms with van der Waals surface area (Å²) in [5.74, 6) is -0.670. The Kier molecular flexibility index (Phi) is 6.78. The average molecular weight is 333 g/mol. The first-order valence-electron chi connectivity index (χ1n) is 8.23. The molecule has 130 valence electrons. The Bertz CT molecular complexity index is 593. The van der Waals surface area contributed by atoms with E-state index in [1.165, 1.54) is 32.8 Å². The quantitative estimate of drug-likeness (QED) is 0.775. The first kappa shape index (κ1) is 18.0. The highest BCUT2D eigenvalue weighted by Gasteiger charge is 2.18. The Morgan fingerprint density at radius 1 is 1.17 bits per heavy atom. The van der Waals surface area contributed by atoms with Crippen molar-refractivity contribution in [1.82, 2.24) is 5.32 Å². The molecule has 1 saturated carbocycles. The number of esters is 1. The number of benzene rings is 1. The van der Waals surface area contributed by atoms with Crippen molar-refractivity contribution in [2.75, 3.05) is 13.7 Å². The predicted molar refractivity (Wildman–Crippen MR) is 87.6 cm³/mol. The van der Waals surface area contributed by atoms with Crippen LogP contribution in [0.1, 0.15) is 48.9 Å². The van der Waals surface area contributed by atoms with Crippen LogP contribution in [0.5, 0.6) is 5.75 Å². The molecule has 0 unspecified atom stereocenters. The summed E-state index contributed by atoms with van der Waals surface area (Å²) >= 11 is 0. The van der Waals surface area contributed by atoms with E-state index in [2.05, 4.69) is 5.32 Å². The number of amides is 2. The number of rotatable bonds is 7. The fourth-order valence-electron chi connectivity index (χ4n) is 2.90. The van der Waals surface area contributed by atoms with Crippen LogP contribution in [0.2, 0.25) is 0 Å². The van der Waals surface area contributed by atoms with Crippen molar-refractivity contribution in [2.24, 2.45) is 5.92 Å². The maximum Gasteiger partial charge on any atom is 0.306 e. The molecule has 2 rings (SSSR count). The van der Waals surface area contributed by atoms with Crippen LogP contribution >= 0.6 is 0 Å². The van der Waals surface area contributed by atoms with Gasteiger partial charge >= 0.3 is 5.97 Å². The summed E-state index contributed by atoms with van der Waals surface area (Å²) in [6.45, 7) is -0.454. The summed E-state index contributed by atoms with van der Waals surface area (Å²) in [5, 5.41) is 2.19. The normalized spacial score (nSPS) is 14.2. The van der Waals surface area contributed by atoms with Gasteiger partial charge in [-0.3, -0.25) is 19.7 Å². The lowest BCUT2D eigenvalue weighted by Gasteiger charge is -2.10. The van der Waals surface area contributed by atoms with Crippen molar-refractivity contribution in [3.8, 4) is 5.75 Å². The number of ether oxygens (including phenoxy) is 2. The lowest BCUT2D eigenvalue weighted by molar-refractivity contribution is -0.148. The summed E-state index contributed by atoms with van der Waals surface area (Å²) in [6.07, 6.45) is 5.92. The highest BCUT2D eigenvalue weighted by molar-refractivity contribution is 6.06. The van der Waals surface area contributed by atoms with Gasteiger partial charge in [-0.05, 0) is 24.5 Å². The van der Waals surface area contributed by atoms with Crippen molar-refractivity contribution in [3.05, 3.63) is 29.8 Å². The largest absolute Gasteiger partial charge is 0.496 e. The highest BCUT2D eigenvalue weighted by atomic mass is 16.5. The molecule has 2 amide bonds. The minimum absolute atomic E-state index is 0.251. The number of hydrogen-bond acceptors (Lipinski definition) is 5. The van der Waals surface area contributed by atoms with Gasteiger partial charge in [0.25, 0.3) is 11.8 Å². The topological polar surface area (TPSA) is 81.7 Å². The predicted octanol–water partition coefficient (Wildman–Crippen LogP) is 2.47. The van der Waals surface area contributed by atoms with Gasteiger partial charge in [0.2, 0.25) is 0 Å². The Hall–Kier alpha value is -2.37. The van der Waals surface area contributed by atoms with Crippen LogP contribution in [0.3, 0.4) is 0 Å². The smallest absolute Gasteiger partial charge is 0.306 e. The first-order chi connectivity index (χ1) is 11.6. The van der Waals surface area contributed by atoms with E-state index in [1.54, 1.807) is 24.3 Å². The third-order valence-electron chi connectivity index (χ3n) is 4.20. The molecule has 0 aromatic heterocycles. The van der Waals surface area contributed by atoms with Crippen LogP contribution in [0, 0.1) is 5.92 Å².